The zero-order chi connectivity index (χ0) is 12.6. The number of hydrogen-bond donors (Lipinski definition) is 1. The fourth-order valence-corrected chi connectivity index (χ4v) is 1.33. The highest BCUT2D eigenvalue weighted by atomic mass is 16.3. The van der Waals surface area contributed by atoms with Gasteiger partial charge in [0.15, 0.2) is 0 Å². The third-order valence-corrected chi connectivity index (χ3v) is 2.17. The lowest BCUT2D eigenvalue weighted by Crippen LogP contribution is -2.35. The van der Waals surface area contributed by atoms with Gasteiger partial charge in [0.05, 0.1) is 17.8 Å². The van der Waals surface area contributed by atoms with E-state index in [1.165, 1.54) is 10.7 Å². The second-order valence-electron chi connectivity index (χ2n) is 5.78. The van der Waals surface area contributed by atoms with Crippen LogP contribution in [0.25, 0.3) is 0 Å². The van der Waals surface area contributed by atoms with Crippen LogP contribution in [-0.2, 0) is 12.0 Å². The second-order valence-corrected chi connectivity index (χ2v) is 5.78. The van der Waals surface area contributed by atoms with Gasteiger partial charge >= 0.3 is 0 Å². The van der Waals surface area contributed by atoms with Crippen molar-refractivity contribution in [2.75, 3.05) is 0 Å². The molecule has 0 spiro atoms. The largest absolute Gasteiger partial charge is 0.389 e. The normalized spacial score (nSPS) is 12.9. The molecule has 4 heteroatoms. The van der Waals surface area contributed by atoms with Crippen LogP contribution in [0.1, 0.15) is 40.3 Å². The van der Waals surface area contributed by atoms with Crippen LogP contribution >= 0.6 is 0 Å². The van der Waals surface area contributed by atoms with Gasteiger partial charge in [0.1, 0.15) is 0 Å². The maximum atomic E-state index is 11.6. The molecule has 0 saturated heterocycles. The van der Waals surface area contributed by atoms with Crippen LogP contribution in [0, 0.1) is 0 Å². The molecule has 0 atom stereocenters. The highest BCUT2D eigenvalue weighted by molar-refractivity contribution is 5.10. The minimum Gasteiger partial charge on any atom is -0.389 e. The van der Waals surface area contributed by atoms with Crippen molar-refractivity contribution in [3.05, 3.63) is 28.2 Å². The summed E-state index contributed by atoms with van der Waals surface area (Å²) in [5.41, 5.74) is -0.381. The van der Waals surface area contributed by atoms with Crippen LogP contribution in [0.3, 0.4) is 0 Å². The smallest absolute Gasteiger partial charge is 0.266 e. The Hall–Kier alpha value is -1.16. The van der Waals surface area contributed by atoms with Crippen molar-refractivity contribution in [3.63, 3.8) is 0 Å². The summed E-state index contributed by atoms with van der Waals surface area (Å²) >= 11 is 0. The lowest BCUT2D eigenvalue weighted by atomic mass is 9.92. The van der Waals surface area contributed by atoms with Gasteiger partial charge in [-0.2, -0.15) is 5.10 Å². The van der Waals surface area contributed by atoms with E-state index >= 15 is 0 Å². The van der Waals surface area contributed by atoms with E-state index in [1.54, 1.807) is 19.9 Å². The Morgan fingerprint density at radius 1 is 1.25 bits per heavy atom. The van der Waals surface area contributed by atoms with Gasteiger partial charge in [0.25, 0.3) is 5.56 Å². The molecule has 0 radical (unpaired) electrons. The number of rotatable bonds is 2. The van der Waals surface area contributed by atoms with Gasteiger partial charge in [-0.1, -0.05) is 20.8 Å². The fourth-order valence-electron chi connectivity index (χ4n) is 1.33. The summed E-state index contributed by atoms with van der Waals surface area (Å²) in [6.07, 6.45) is 0. The van der Waals surface area contributed by atoms with Crippen molar-refractivity contribution in [1.82, 2.24) is 9.78 Å². The molecule has 1 N–H and O–H groups in total. The second kappa shape index (κ2) is 4.01. The summed E-state index contributed by atoms with van der Waals surface area (Å²) in [4.78, 5) is 11.6. The molecule has 0 aliphatic carbocycles. The predicted octanol–water partition coefficient (Wildman–Crippen LogP) is 1.31. The maximum absolute atomic E-state index is 11.6. The minimum absolute atomic E-state index is 0.102. The molecule has 1 heterocycles. The Morgan fingerprint density at radius 2 is 1.81 bits per heavy atom. The highest BCUT2D eigenvalue weighted by Gasteiger charge is 2.19. The van der Waals surface area contributed by atoms with E-state index in [9.17, 15) is 9.90 Å². The Balaban J connectivity index is 3.15. The molecule has 1 aromatic heterocycles. The van der Waals surface area contributed by atoms with E-state index in [0.29, 0.717) is 0 Å². The molecule has 0 amide bonds. The van der Waals surface area contributed by atoms with Crippen LogP contribution in [0.2, 0.25) is 0 Å². The molecule has 1 aromatic rings. The fraction of sp³-hybridized carbons (Fsp3) is 0.667. The Labute approximate surface area is 95.9 Å². The van der Waals surface area contributed by atoms with Crippen molar-refractivity contribution in [3.8, 4) is 0 Å². The third kappa shape index (κ3) is 3.45. The molecule has 4 nitrogen and oxygen atoms in total. The molecular weight excluding hydrogens is 204 g/mol. The predicted molar refractivity (Wildman–Crippen MR) is 63.5 cm³/mol. The van der Waals surface area contributed by atoms with Crippen molar-refractivity contribution >= 4 is 0 Å². The molecular formula is C12H20N2O2. The van der Waals surface area contributed by atoms with Crippen molar-refractivity contribution in [2.45, 2.75) is 52.2 Å². The molecule has 0 unspecified atom stereocenters. The molecule has 0 aromatic carbocycles. The Bertz CT molecular complexity index is 422. The molecule has 0 aliphatic heterocycles. The van der Waals surface area contributed by atoms with Gasteiger partial charge in [-0.15, -0.1) is 0 Å². The number of aliphatic hydroxyl groups is 1. The first-order valence-corrected chi connectivity index (χ1v) is 5.41. The molecule has 0 aliphatic rings. The molecule has 0 bridgehead atoms. The monoisotopic (exact) mass is 224 g/mol. The minimum atomic E-state index is -0.937. The molecule has 90 valence electrons. The van der Waals surface area contributed by atoms with Gasteiger partial charge in [0.2, 0.25) is 0 Å². The topological polar surface area (TPSA) is 55.1 Å². The van der Waals surface area contributed by atoms with Gasteiger partial charge in [-0.25, -0.2) is 4.68 Å². The first-order valence-electron chi connectivity index (χ1n) is 5.41. The van der Waals surface area contributed by atoms with E-state index in [-0.39, 0.29) is 17.5 Å². The molecule has 0 saturated carbocycles. The summed E-state index contributed by atoms with van der Waals surface area (Å²) in [6, 6.07) is 3.24. The molecule has 0 fully saturated rings. The first-order chi connectivity index (χ1) is 7.09. The van der Waals surface area contributed by atoms with E-state index < -0.39 is 5.60 Å². The summed E-state index contributed by atoms with van der Waals surface area (Å²) in [5, 5.41) is 14.0. The summed E-state index contributed by atoms with van der Waals surface area (Å²) in [7, 11) is 0. The number of hydrogen-bond acceptors (Lipinski definition) is 3. The van der Waals surface area contributed by atoms with E-state index in [2.05, 4.69) is 5.10 Å². The zero-order valence-electron chi connectivity index (χ0n) is 10.6. The van der Waals surface area contributed by atoms with E-state index in [4.69, 9.17) is 0 Å². The van der Waals surface area contributed by atoms with Crippen LogP contribution in [0.15, 0.2) is 16.9 Å². The standard InChI is InChI=1S/C12H20N2O2/c1-11(2,3)9-6-7-10(15)14(13-9)8-12(4,5)16/h6-7,16H,8H2,1-5H3. The van der Waals surface area contributed by atoms with Crippen molar-refractivity contribution in [1.29, 1.82) is 0 Å². The van der Waals surface area contributed by atoms with Crippen LogP contribution in [0.5, 0.6) is 0 Å². The van der Waals surface area contributed by atoms with Gasteiger partial charge in [-0.05, 0) is 19.9 Å². The number of aromatic nitrogens is 2. The third-order valence-electron chi connectivity index (χ3n) is 2.17. The van der Waals surface area contributed by atoms with Gasteiger partial charge in [-0.3, -0.25) is 4.79 Å². The summed E-state index contributed by atoms with van der Waals surface area (Å²) in [6.45, 7) is 9.63. The highest BCUT2D eigenvalue weighted by Crippen LogP contribution is 2.18. The Morgan fingerprint density at radius 3 is 2.25 bits per heavy atom. The quantitative estimate of drug-likeness (QED) is 0.824. The van der Waals surface area contributed by atoms with Gasteiger partial charge < -0.3 is 5.11 Å². The van der Waals surface area contributed by atoms with Crippen LogP contribution in [0.4, 0.5) is 0 Å². The van der Waals surface area contributed by atoms with Gasteiger partial charge in [0, 0.05) is 11.5 Å². The van der Waals surface area contributed by atoms with Crippen molar-refractivity contribution < 1.29 is 5.11 Å². The average molecular weight is 224 g/mol. The SMILES string of the molecule is CC(C)(O)Cn1nc(C(C)(C)C)ccc1=O. The average Bonchev–Trinajstić information content (AvgIpc) is 2.04. The number of nitrogens with zero attached hydrogens (tertiary/aromatic N) is 2. The molecule has 1 rings (SSSR count). The van der Waals surface area contributed by atoms with Crippen LogP contribution in [-0.4, -0.2) is 20.5 Å². The Kier molecular flexibility index (Phi) is 3.24. The van der Waals surface area contributed by atoms with E-state index in [0.717, 1.165) is 5.69 Å². The summed E-state index contributed by atoms with van der Waals surface area (Å²) in [5.74, 6) is 0. The van der Waals surface area contributed by atoms with E-state index in [1.807, 2.05) is 20.8 Å². The maximum Gasteiger partial charge on any atom is 0.266 e. The zero-order valence-corrected chi connectivity index (χ0v) is 10.6. The first kappa shape index (κ1) is 12.9. The lowest BCUT2D eigenvalue weighted by Gasteiger charge is -2.21. The van der Waals surface area contributed by atoms with Crippen LogP contribution < -0.4 is 5.56 Å². The lowest BCUT2D eigenvalue weighted by molar-refractivity contribution is 0.0557. The summed E-state index contributed by atoms with van der Waals surface area (Å²) < 4.78 is 1.32. The molecule has 16 heavy (non-hydrogen) atoms. The van der Waals surface area contributed by atoms with Crippen molar-refractivity contribution in [2.24, 2.45) is 0 Å².